The molecule has 0 fully saturated rings. The van der Waals surface area contributed by atoms with Crippen molar-refractivity contribution < 1.29 is 5.11 Å². The van der Waals surface area contributed by atoms with E-state index in [9.17, 15) is 5.11 Å². The number of hydrogen-bond acceptors (Lipinski definition) is 2. The van der Waals surface area contributed by atoms with Crippen LogP contribution in [0.5, 0.6) is 0 Å². The van der Waals surface area contributed by atoms with Gasteiger partial charge in [-0.15, -0.1) is 11.8 Å². The SMILES string of the molecule is CC(C)Sc1ccc(C(C)O)cc1. The molecule has 0 heterocycles. The molecule has 0 spiro atoms. The van der Waals surface area contributed by atoms with E-state index in [1.807, 2.05) is 23.9 Å². The molecule has 0 aliphatic rings. The summed E-state index contributed by atoms with van der Waals surface area (Å²) in [5.74, 6) is 0. The molecule has 1 aromatic rings. The van der Waals surface area contributed by atoms with Gasteiger partial charge in [-0.1, -0.05) is 26.0 Å². The van der Waals surface area contributed by atoms with E-state index in [2.05, 4.69) is 26.0 Å². The van der Waals surface area contributed by atoms with Gasteiger partial charge in [0.2, 0.25) is 0 Å². The number of benzene rings is 1. The summed E-state index contributed by atoms with van der Waals surface area (Å²) in [6, 6.07) is 8.09. The Morgan fingerprint density at radius 1 is 1.08 bits per heavy atom. The molecule has 0 aromatic heterocycles. The quantitative estimate of drug-likeness (QED) is 0.749. The van der Waals surface area contributed by atoms with Gasteiger partial charge in [-0.2, -0.15) is 0 Å². The second kappa shape index (κ2) is 4.68. The van der Waals surface area contributed by atoms with Crippen molar-refractivity contribution in [1.82, 2.24) is 0 Å². The molecule has 2 heteroatoms. The monoisotopic (exact) mass is 196 g/mol. The maximum absolute atomic E-state index is 9.29. The average molecular weight is 196 g/mol. The second-order valence-corrected chi connectivity index (χ2v) is 5.06. The fourth-order valence-electron chi connectivity index (χ4n) is 1.10. The molecular weight excluding hydrogens is 180 g/mol. The minimum atomic E-state index is -0.363. The smallest absolute Gasteiger partial charge is 0.0761 e. The zero-order valence-electron chi connectivity index (χ0n) is 8.32. The van der Waals surface area contributed by atoms with Crippen LogP contribution in [0.2, 0.25) is 0 Å². The lowest BCUT2D eigenvalue weighted by Gasteiger charge is -2.07. The van der Waals surface area contributed by atoms with Gasteiger partial charge in [0.15, 0.2) is 0 Å². The van der Waals surface area contributed by atoms with Crippen molar-refractivity contribution >= 4 is 11.8 Å². The van der Waals surface area contributed by atoms with Gasteiger partial charge in [-0.3, -0.25) is 0 Å². The molecule has 1 N–H and O–H groups in total. The van der Waals surface area contributed by atoms with Crippen molar-refractivity contribution in [2.45, 2.75) is 37.0 Å². The Hall–Kier alpha value is -0.470. The highest BCUT2D eigenvalue weighted by Gasteiger charge is 2.01. The van der Waals surface area contributed by atoms with Gasteiger partial charge >= 0.3 is 0 Å². The maximum Gasteiger partial charge on any atom is 0.0761 e. The van der Waals surface area contributed by atoms with E-state index in [4.69, 9.17) is 0 Å². The fourth-order valence-corrected chi connectivity index (χ4v) is 1.93. The highest BCUT2D eigenvalue weighted by Crippen LogP contribution is 2.24. The Labute approximate surface area is 84.2 Å². The van der Waals surface area contributed by atoms with Crippen molar-refractivity contribution in [1.29, 1.82) is 0 Å². The number of rotatable bonds is 3. The van der Waals surface area contributed by atoms with Crippen LogP contribution >= 0.6 is 11.8 Å². The van der Waals surface area contributed by atoms with Gasteiger partial charge in [0.1, 0.15) is 0 Å². The first-order valence-corrected chi connectivity index (χ1v) is 5.42. The van der Waals surface area contributed by atoms with Crippen LogP contribution in [0.4, 0.5) is 0 Å². The van der Waals surface area contributed by atoms with E-state index in [0.29, 0.717) is 5.25 Å². The first-order valence-electron chi connectivity index (χ1n) is 4.54. The first kappa shape index (κ1) is 10.6. The zero-order chi connectivity index (χ0) is 9.84. The molecular formula is C11H16OS. The lowest BCUT2D eigenvalue weighted by Crippen LogP contribution is -1.91. The molecule has 0 aliphatic heterocycles. The van der Waals surface area contributed by atoms with Crippen molar-refractivity contribution in [2.24, 2.45) is 0 Å². The minimum Gasteiger partial charge on any atom is -0.389 e. The summed E-state index contributed by atoms with van der Waals surface area (Å²) in [5.41, 5.74) is 0.980. The van der Waals surface area contributed by atoms with Crippen LogP contribution in [0, 0.1) is 0 Å². The highest BCUT2D eigenvalue weighted by molar-refractivity contribution is 7.99. The van der Waals surface area contributed by atoms with Gasteiger partial charge in [-0.25, -0.2) is 0 Å². The molecule has 0 radical (unpaired) electrons. The van der Waals surface area contributed by atoms with Crippen molar-refractivity contribution in [3.05, 3.63) is 29.8 Å². The lowest BCUT2D eigenvalue weighted by molar-refractivity contribution is 0.199. The fraction of sp³-hybridized carbons (Fsp3) is 0.455. The number of aliphatic hydroxyl groups excluding tert-OH is 1. The van der Waals surface area contributed by atoms with E-state index in [-0.39, 0.29) is 6.10 Å². The molecule has 1 unspecified atom stereocenters. The van der Waals surface area contributed by atoms with Gasteiger partial charge in [0.05, 0.1) is 6.10 Å². The van der Waals surface area contributed by atoms with Crippen LogP contribution in [0.25, 0.3) is 0 Å². The van der Waals surface area contributed by atoms with E-state index in [0.717, 1.165) is 5.56 Å². The van der Waals surface area contributed by atoms with Crippen LogP contribution in [0.1, 0.15) is 32.4 Å². The molecule has 1 aromatic carbocycles. The number of hydrogen-bond donors (Lipinski definition) is 1. The van der Waals surface area contributed by atoms with Crippen LogP contribution in [-0.2, 0) is 0 Å². The average Bonchev–Trinajstić information content (AvgIpc) is 2.04. The third-order valence-electron chi connectivity index (χ3n) is 1.73. The standard InChI is InChI=1S/C11H16OS/c1-8(2)13-11-6-4-10(5-7-11)9(3)12/h4-9,12H,1-3H3. The van der Waals surface area contributed by atoms with Gasteiger partial charge in [0, 0.05) is 10.1 Å². The van der Waals surface area contributed by atoms with Crippen LogP contribution < -0.4 is 0 Å². The van der Waals surface area contributed by atoms with Crippen LogP contribution in [-0.4, -0.2) is 10.4 Å². The Morgan fingerprint density at radius 3 is 2.00 bits per heavy atom. The first-order chi connectivity index (χ1) is 6.09. The van der Waals surface area contributed by atoms with E-state index < -0.39 is 0 Å². The Bertz CT molecular complexity index is 251. The Morgan fingerprint density at radius 2 is 1.62 bits per heavy atom. The van der Waals surface area contributed by atoms with E-state index in [1.54, 1.807) is 6.92 Å². The third kappa shape index (κ3) is 3.41. The highest BCUT2D eigenvalue weighted by atomic mass is 32.2. The summed E-state index contributed by atoms with van der Waals surface area (Å²) < 4.78 is 0. The largest absolute Gasteiger partial charge is 0.389 e. The van der Waals surface area contributed by atoms with Gasteiger partial charge in [0.25, 0.3) is 0 Å². The molecule has 13 heavy (non-hydrogen) atoms. The number of aliphatic hydroxyl groups is 1. The van der Waals surface area contributed by atoms with Crippen LogP contribution in [0.15, 0.2) is 29.2 Å². The Balaban J connectivity index is 2.70. The summed E-state index contributed by atoms with van der Waals surface area (Å²) in [6.45, 7) is 6.13. The normalized spacial score (nSPS) is 13.3. The number of thioether (sulfide) groups is 1. The van der Waals surface area contributed by atoms with Gasteiger partial charge in [-0.05, 0) is 24.6 Å². The third-order valence-corrected chi connectivity index (χ3v) is 2.75. The van der Waals surface area contributed by atoms with E-state index >= 15 is 0 Å². The molecule has 72 valence electrons. The van der Waals surface area contributed by atoms with E-state index in [1.165, 1.54) is 4.90 Å². The Kier molecular flexibility index (Phi) is 3.82. The molecule has 0 saturated heterocycles. The molecule has 0 bridgehead atoms. The van der Waals surface area contributed by atoms with Gasteiger partial charge < -0.3 is 5.11 Å². The van der Waals surface area contributed by atoms with Crippen LogP contribution in [0.3, 0.4) is 0 Å². The molecule has 0 aliphatic carbocycles. The van der Waals surface area contributed by atoms with Crippen molar-refractivity contribution in [2.75, 3.05) is 0 Å². The predicted octanol–water partition coefficient (Wildman–Crippen LogP) is 3.24. The summed E-state index contributed by atoms with van der Waals surface area (Å²) in [5, 5.41) is 9.90. The summed E-state index contributed by atoms with van der Waals surface area (Å²) in [4.78, 5) is 1.26. The summed E-state index contributed by atoms with van der Waals surface area (Å²) >= 11 is 1.84. The predicted molar refractivity (Wildman–Crippen MR) is 58.1 cm³/mol. The lowest BCUT2D eigenvalue weighted by atomic mass is 10.1. The van der Waals surface area contributed by atoms with Crippen molar-refractivity contribution in [3.8, 4) is 0 Å². The summed E-state index contributed by atoms with van der Waals surface area (Å²) in [6.07, 6.45) is -0.363. The topological polar surface area (TPSA) is 20.2 Å². The molecule has 1 atom stereocenters. The summed E-state index contributed by atoms with van der Waals surface area (Å²) in [7, 11) is 0. The zero-order valence-corrected chi connectivity index (χ0v) is 9.14. The van der Waals surface area contributed by atoms with Crippen molar-refractivity contribution in [3.63, 3.8) is 0 Å². The molecule has 0 saturated carbocycles. The molecule has 1 nitrogen and oxygen atoms in total. The minimum absolute atomic E-state index is 0.363. The molecule has 0 amide bonds. The maximum atomic E-state index is 9.29. The second-order valence-electron chi connectivity index (χ2n) is 3.41. The molecule has 1 rings (SSSR count).